The van der Waals surface area contributed by atoms with Crippen LogP contribution in [0.15, 0.2) is 42.5 Å². The Labute approximate surface area is 169 Å². The number of hydrogen-bond acceptors (Lipinski definition) is 2. The minimum Gasteiger partial charge on any atom is -0.508 e. The normalized spacial score (nSPS) is 33.8. The van der Waals surface area contributed by atoms with Gasteiger partial charge in [0.1, 0.15) is 5.75 Å². The van der Waals surface area contributed by atoms with E-state index in [0.29, 0.717) is 17.2 Å². The summed E-state index contributed by atoms with van der Waals surface area (Å²) < 4.78 is 0. The second-order valence-electron chi connectivity index (χ2n) is 9.80. The Hall–Kier alpha value is -1.80. The number of phenolic OH excluding ortho intramolecular Hbond substituents is 1. The largest absolute Gasteiger partial charge is 0.508 e. The summed E-state index contributed by atoms with van der Waals surface area (Å²) in [6.07, 6.45) is 7.93. The molecule has 2 N–H and O–H groups in total. The molecule has 0 bridgehead atoms. The lowest BCUT2D eigenvalue weighted by Gasteiger charge is -2.51. The second-order valence-corrected chi connectivity index (χ2v) is 9.80. The molecule has 0 heterocycles. The third kappa shape index (κ3) is 2.88. The number of benzene rings is 2. The summed E-state index contributed by atoms with van der Waals surface area (Å²) in [4.78, 5) is 0. The zero-order valence-corrected chi connectivity index (χ0v) is 17.2. The van der Waals surface area contributed by atoms with Crippen molar-refractivity contribution in [3.63, 3.8) is 0 Å². The average Bonchev–Trinajstić information content (AvgIpc) is 3.03. The topological polar surface area (TPSA) is 32.3 Å². The van der Waals surface area contributed by atoms with E-state index in [2.05, 4.69) is 37.4 Å². The first-order chi connectivity index (χ1) is 13.6. The zero-order chi connectivity index (χ0) is 19.3. The molecule has 2 aromatic rings. The monoisotopic (exact) mass is 375 g/mol. The van der Waals surface area contributed by atoms with Crippen molar-refractivity contribution in [2.45, 2.75) is 70.9 Å². The first kappa shape index (κ1) is 18.2. The molecule has 3 unspecified atom stereocenters. The van der Waals surface area contributed by atoms with Gasteiger partial charge in [0.05, 0.1) is 0 Å². The molecule has 3 aliphatic carbocycles. The molecule has 5 atom stereocenters. The third-order valence-electron chi connectivity index (χ3n) is 8.41. The smallest absolute Gasteiger partial charge is 0.120 e. The van der Waals surface area contributed by atoms with Gasteiger partial charge in [-0.1, -0.05) is 48.9 Å². The molecule has 148 valence electrons. The quantitative estimate of drug-likeness (QED) is 0.719. The van der Waals surface area contributed by atoms with E-state index in [1.807, 2.05) is 18.2 Å². The fraction of sp³-hybridized carbons (Fsp3) is 0.538. The maximum Gasteiger partial charge on any atom is 0.120 e. The lowest BCUT2D eigenvalue weighted by molar-refractivity contribution is 0.0408. The van der Waals surface area contributed by atoms with Crippen molar-refractivity contribution in [2.24, 2.45) is 17.3 Å². The van der Waals surface area contributed by atoms with Crippen LogP contribution in [0.2, 0.25) is 0 Å². The van der Waals surface area contributed by atoms with Crippen LogP contribution in [0.4, 0.5) is 0 Å². The minimum atomic E-state index is 0.397. The molecule has 0 radical (unpaired) electrons. The van der Waals surface area contributed by atoms with Crippen LogP contribution in [0.1, 0.15) is 67.2 Å². The fourth-order valence-electron chi connectivity index (χ4n) is 6.94. The highest BCUT2D eigenvalue weighted by atomic mass is 16.3. The van der Waals surface area contributed by atoms with Gasteiger partial charge in [0.2, 0.25) is 0 Å². The highest BCUT2D eigenvalue weighted by molar-refractivity contribution is 5.38. The van der Waals surface area contributed by atoms with Gasteiger partial charge < -0.3 is 10.4 Å². The molecule has 28 heavy (non-hydrogen) atoms. The van der Waals surface area contributed by atoms with Gasteiger partial charge in [-0.3, -0.25) is 0 Å². The molecule has 5 rings (SSSR count). The Kier molecular flexibility index (Phi) is 4.50. The van der Waals surface area contributed by atoms with Gasteiger partial charge in [0, 0.05) is 18.2 Å². The van der Waals surface area contributed by atoms with E-state index in [0.717, 1.165) is 29.9 Å². The second kappa shape index (κ2) is 6.91. The van der Waals surface area contributed by atoms with Crippen LogP contribution in [-0.4, -0.2) is 11.1 Å². The predicted octanol–water partition coefficient (Wildman–Crippen LogP) is 5.72. The molecular weight excluding hydrogens is 342 g/mol. The molecule has 3 aliphatic rings. The third-order valence-corrected chi connectivity index (χ3v) is 8.41. The molecule has 0 aliphatic heterocycles. The molecule has 2 aromatic carbocycles. The van der Waals surface area contributed by atoms with E-state index in [1.54, 1.807) is 17.2 Å². The van der Waals surface area contributed by atoms with Crippen LogP contribution < -0.4 is 5.32 Å². The molecule has 0 saturated heterocycles. The number of nitrogens with one attached hydrogen (secondary N) is 1. The zero-order valence-electron chi connectivity index (χ0n) is 17.2. The van der Waals surface area contributed by atoms with E-state index in [1.165, 1.54) is 44.1 Å². The van der Waals surface area contributed by atoms with E-state index >= 15 is 0 Å². The molecule has 2 heteroatoms. The molecule has 0 aromatic heterocycles. The van der Waals surface area contributed by atoms with Crippen LogP contribution in [0.25, 0.3) is 0 Å². The van der Waals surface area contributed by atoms with Crippen LogP contribution in [0.3, 0.4) is 0 Å². The summed E-state index contributed by atoms with van der Waals surface area (Å²) >= 11 is 0. The number of fused-ring (bicyclic) bond motifs is 5. The van der Waals surface area contributed by atoms with Crippen molar-refractivity contribution in [2.75, 3.05) is 0 Å². The number of para-hydroxylation sites is 1. The Morgan fingerprint density at radius 1 is 1.07 bits per heavy atom. The number of aromatic hydroxyl groups is 1. The van der Waals surface area contributed by atoms with Crippen molar-refractivity contribution in [3.05, 3.63) is 64.7 Å². The minimum absolute atomic E-state index is 0.397. The molecule has 2 nitrogen and oxygen atoms in total. The summed E-state index contributed by atoms with van der Waals surface area (Å²) in [5.41, 5.74) is 6.11. The number of aryl methyl sites for hydroxylation is 2. The maximum atomic E-state index is 10.1. The summed E-state index contributed by atoms with van der Waals surface area (Å²) in [6.45, 7) is 5.55. The SMILES string of the molecule is Cc1ccc2c(c1)CCC1C2CC[C@@]2(C)C1CC[C@H]2NCc1ccccc1O. The highest BCUT2D eigenvalue weighted by Crippen LogP contribution is 2.60. The molecule has 2 fully saturated rings. The van der Waals surface area contributed by atoms with E-state index < -0.39 is 0 Å². The molecule has 2 saturated carbocycles. The molecular formula is C26H33NO. The Morgan fingerprint density at radius 2 is 1.93 bits per heavy atom. The van der Waals surface area contributed by atoms with Gasteiger partial charge in [-0.15, -0.1) is 0 Å². The van der Waals surface area contributed by atoms with Gasteiger partial charge >= 0.3 is 0 Å². The predicted molar refractivity (Wildman–Crippen MR) is 115 cm³/mol. The standard InChI is InChI=1S/C26H33NO/c1-17-7-9-20-18(15-17)8-10-22-21(20)13-14-26(2)23(22)11-12-25(26)27-16-19-5-3-4-6-24(19)28/h3-7,9,15,21-23,25,27-28H,8,10-14,16H2,1-2H3/t21?,22?,23?,25-,26+/m1/s1. The summed E-state index contributed by atoms with van der Waals surface area (Å²) in [7, 11) is 0. The van der Waals surface area contributed by atoms with Crippen LogP contribution >= 0.6 is 0 Å². The van der Waals surface area contributed by atoms with E-state index in [4.69, 9.17) is 0 Å². The number of hydrogen-bond donors (Lipinski definition) is 2. The molecule has 0 amide bonds. The van der Waals surface area contributed by atoms with Crippen LogP contribution in [-0.2, 0) is 13.0 Å². The van der Waals surface area contributed by atoms with Gasteiger partial charge in [-0.05, 0) is 85.8 Å². The summed E-state index contributed by atoms with van der Waals surface area (Å²) in [5.74, 6) is 2.88. The lowest BCUT2D eigenvalue weighted by atomic mass is 9.55. The number of phenols is 1. The lowest BCUT2D eigenvalue weighted by Crippen LogP contribution is -2.48. The Balaban J connectivity index is 1.34. The van der Waals surface area contributed by atoms with Crippen LogP contribution in [0.5, 0.6) is 5.75 Å². The fourth-order valence-corrected chi connectivity index (χ4v) is 6.94. The molecule has 0 spiro atoms. The Morgan fingerprint density at radius 3 is 2.79 bits per heavy atom. The van der Waals surface area contributed by atoms with Crippen LogP contribution in [0, 0.1) is 24.2 Å². The van der Waals surface area contributed by atoms with Crippen molar-refractivity contribution in [1.82, 2.24) is 5.32 Å². The number of rotatable bonds is 3. The summed E-state index contributed by atoms with van der Waals surface area (Å²) in [6, 6.07) is 15.5. The van der Waals surface area contributed by atoms with Gasteiger partial charge in [-0.2, -0.15) is 0 Å². The van der Waals surface area contributed by atoms with Gasteiger partial charge in [0.15, 0.2) is 0 Å². The van der Waals surface area contributed by atoms with Crippen molar-refractivity contribution in [3.8, 4) is 5.75 Å². The van der Waals surface area contributed by atoms with E-state index in [-0.39, 0.29) is 0 Å². The van der Waals surface area contributed by atoms with Crippen molar-refractivity contribution >= 4 is 0 Å². The van der Waals surface area contributed by atoms with Gasteiger partial charge in [0.25, 0.3) is 0 Å². The van der Waals surface area contributed by atoms with Crippen molar-refractivity contribution < 1.29 is 5.11 Å². The van der Waals surface area contributed by atoms with Gasteiger partial charge in [-0.25, -0.2) is 0 Å². The summed E-state index contributed by atoms with van der Waals surface area (Å²) in [5, 5.41) is 13.9. The average molecular weight is 376 g/mol. The first-order valence-corrected chi connectivity index (χ1v) is 11.2. The highest BCUT2D eigenvalue weighted by Gasteiger charge is 2.54. The Bertz CT molecular complexity index is 874. The van der Waals surface area contributed by atoms with E-state index in [9.17, 15) is 5.11 Å². The van der Waals surface area contributed by atoms with Crippen molar-refractivity contribution in [1.29, 1.82) is 0 Å². The first-order valence-electron chi connectivity index (χ1n) is 11.2. The maximum absolute atomic E-state index is 10.1.